The minimum absolute atomic E-state index is 0.714. The Bertz CT molecular complexity index is 754. The fourth-order valence-corrected chi connectivity index (χ4v) is 3.05. The lowest BCUT2D eigenvalue weighted by Crippen LogP contribution is -1.91. The predicted octanol–water partition coefficient (Wildman–Crippen LogP) is 5.81. The quantitative estimate of drug-likeness (QED) is 0.470. The second-order valence-electron chi connectivity index (χ2n) is 4.11. The average Bonchev–Trinajstić information content (AvgIpc) is 2.44. The van der Waals surface area contributed by atoms with Gasteiger partial charge in [0.05, 0.1) is 19.8 Å². The van der Waals surface area contributed by atoms with Gasteiger partial charge >= 0.3 is 0 Å². The Morgan fingerprint density at radius 1 is 0.895 bits per heavy atom. The summed E-state index contributed by atoms with van der Waals surface area (Å²) in [5, 5.41) is 2.44. The number of nitrogens with zero attached hydrogens (tertiary/aromatic N) is 1. The second-order valence-corrected chi connectivity index (χ2v) is 6.01. The summed E-state index contributed by atoms with van der Waals surface area (Å²) in [5.41, 5.74) is 2.81. The highest BCUT2D eigenvalue weighted by Gasteiger charge is 2.12. The van der Waals surface area contributed by atoms with Crippen LogP contribution in [0.25, 0.3) is 22.2 Å². The molecule has 0 saturated carbocycles. The summed E-state index contributed by atoms with van der Waals surface area (Å²) >= 11 is 14.6. The summed E-state index contributed by atoms with van der Waals surface area (Å²) in [6, 6.07) is 15.5. The summed E-state index contributed by atoms with van der Waals surface area (Å²) in [6.45, 7) is 0. The van der Waals surface area contributed by atoms with Crippen molar-refractivity contribution in [1.29, 1.82) is 0 Å². The molecule has 0 atom stereocenters. The maximum Gasteiger partial charge on any atom is 0.0858 e. The van der Waals surface area contributed by atoms with Gasteiger partial charge in [0, 0.05) is 16.0 Å². The van der Waals surface area contributed by atoms with E-state index in [4.69, 9.17) is 28.2 Å². The van der Waals surface area contributed by atoms with Gasteiger partial charge in [-0.3, -0.25) is 0 Å². The molecule has 0 fully saturated rings. The number of benzene rings is 2. The number of hydrogen-bond donors (Lipinski definition) is 0. The molecule has 2 aromatic carbocycles. The number of para-hydroxylation sites is 1. The van der Waals surface area contributed by atoms with Crippen LogP contribution in [0.2, 0.25) is 10.0 Å². The van der Waals surface area contributed by atoms with Gasteiger partial charge in [-0.2, -0.15) is 0 Å². The monoisotopic (exact) mass is 399 g/mol. The first-order valence-corrected chi connectivity index (χ1v) is 7.50. The number of fused-ring (bicyclic) bond motifs is 1. The molecular formula is C15H8Cl2IN. The standard InChI is InChI=1S/C15H8Cl2IN/c16-10-7-5-9(6-8-10)15-14(18)13(17)11-3-1-2-4-12(11)19-15/h1-8H. The summed E-state index contributed by atoms with van der Waals surface area (Å²) < 4.78 is 0.959. The molecule has 4 heteroatoms. The fraction of sp³-hybridized carbons (Fsp3) is 0. The van der Waals surface area contributed by atoms with Gasteiger partial charge in [-0.25, -0.2) is 4.98 Å². The molecule has 94 valence electrons. The number of aromatic nitrogens is 1. The van der Waals surface area contributed by atoms with Crippen LogP contribution in [0.3, 0.4) is 0 Å². The minimum atomic E-state index is 0.714. The van der Waals surface area contributed by atoms with Gasteiger partial charge in [-0.15, -0.1) is 0 Å². The lowest BCUT2D eigenvalue weighted by Gasteiger charge is -2.09. The fourth-order valence-electron chi connectivity index (χ4n) is 1.95. The molecule has 0 N–H and O–H groups in total. The van der Waals surface area contributed by atoms with Crippen LogP contribution in [0.4, 0.5) is 0 Å². The first kappa shape index (κ1) is 13.2. The van der Waals surface area contributed by atoms with Crippen molar-refractivity contribution in [2.75, 3.05) is 0 Å². The number of halogens is 3. The molecular weight excluding hydrogens is 392 g/mol. The van der Waals surface area contributed by atoms with Crippen molar-refractivity contribution in [3.8, 4) is 11.3 Å². The molecule has 0 amide bonds. The van der Waals surface area contributed by atoms with E-state index >= 15 is 0 Å². The van der Waals surface area contributed by atoms with E-state index in [-0.39, 0.29) is 0 Å². The molecule has 1 aromatic heterocycles. The summed E-state index contributed by atoms with van der Waals surface area (Å²) in [6.07, 6.45) is 0. The van der Waals surface area contributed by atoms with Gasteiger partial charge in [-0.05, 0) is 40.8 Å². The SMILES string of the molecule is Clc1ccc(-c2nc3ccccc3c(Cl)c2I)cc1. The van der Waals surface area contributed by atoms with E-state index in [1.807, 2.05) is 48.5 Å². The Kier molecular flexibility index (Phi) is 3.65. The molecule has 0 bridgehead atoms. The van der Waals surface area contributed by atoms with Gasteiger partial charge in [0.2, 0.25) is 0 Å². The zero-order valence-electron chi connectivity index (χ0n) is 9.70. The van der Waals surface area contributed by atoms with E-state index in [0.29, 0.717) is 5.02 Å². The highest BCUT2D eigenvalue weighted by Crippen LogP contribution is 2.34. The third-order valence-corrected chi connectivity index (χ3v) is 4.90. The first-order chi connectivity index (χ1) is 9.16. The number of pyridine rings is 1. The van der Waals surface area contributed by atoms with Crippen molar-refractivity contribution >= 4 is 56.7 Å². The van der Waals surface area contributed by atoms with Gasteiger partial charge < -0.3 is 0 Å². The van der Waals surface area contributed by atoms with E-state index in [1.165, 1.54) is 0 Å². The highest BCUT2D eigenvalue weighted by molar-refractivity contribution is 14.1. The molecule has 1 heterocycles. The molecule has 19 heavy (non-hydrogen) atoms. The number of hydrogen-bond acceptors (Lipinski definition) is 1. The van der Waals surface area contributed by atoms with Crippen molar-refractivity contribution in [1.82, 2.24) is 4.98 Å². The zero-order chi connectivity index (χ0) is 13.4. The Morgan fingerprint density at radius 3 is 2.32 bits per heavy atom. The van der Waals surface area contributed by atoms with E-state index in [9.17, 15) is 0 Å². The maximum atomic E-state index is 6.44. The van der Waals surface area contributed by atoms with Crippen LogP contribution in [-0.2, 0) is 0 Å². The Labute approximate surface area is 134 Å². The third-order valence-electron chi connectivity index (χ3n) is 2.89. The minimum Gasteiger partial charge on any atom is -0.247 e. The Balaban J connectivity index is 2.29. The maximum absolute atomic E-state index is 6.44. The lowest BCUT2D eigenvalue weighted by atomic mass is 10.1. The molecule has 0 aliphatic carbocycles. The average molecular weight is 400 g/mol. The molecule has 0 radical (unpaired) electrons. The van der Waals surface area contributed by atoms with Crippen LogP contribution >= 0.6 is 45.8 Å². The molecule has 3 rings (SSSR count). The van der Waals surface area contributed by atoms with Gasteiger partial charge in [0.1, 0.15) is 0 Å². The zero-order valence-corrected chi connectivity index (χ0v) is 13.4. The normalized spacial score (nSPS) is 10.9. The van der Waals surface area contributed by atoms with Crippen LogP contribution in [0.1, 0.15) is 0 Å². The molecule has 0 unspecified atom stereocenters. The van der Waals surface area contributed by atoms with Crippen molar-refractivity contribution in [2.45, 2.75) is 0 Å². The van der Waals surface area contributed by atoms with Gasteiger partial charge in [0.15, 0.2) is 0 Å². The molecule has 0 aliphatic rings. The topological polar surface area (TPSA) is 12.9 Å². The second kappa shape index (κ2) is 5.27. The lowest BCUT2D eigenvalue weighted by molar-refractivity contribution is 1.38. The highest BCUT2D eigenvalue weighted by atomic mass is 127. The van der Waals surface area contributed by atoms with Crippen molar-refractivity contribution in [3.05, 3.63) is 62.1 Å². The third kappa shape index (κ3) is 2.45. The van der Waals surface area contributed by atoms with E-state index in [2.05, 4.69) is 22.6 Å². The first-order valence-electron chi connectivity index (χ1n) is 5.66. The van der Waals surface area contributed by atoms with E-state index in [1.54, 1.807) is 0 Å². The van der Waals surface area contributed by atoms with Crippen molar-refractivity contribution in [2.24, 2.45) is 0 Å². The molecule has 0 saturated heterocycles. The Hall–Kier alpha value is -0.840. The van der Waals surface area contributed by atoms with Crippen LogP contribution in [0, 0.1) is 3.57 Å². The molecule has 3 aromatic rings. The van der Waals surface area contributed by atoms with Crippen molar-refractivity contribution in [3.63, 3.8) is 0 Å². The van der Waals surface area contributed by atoms with Crippen LogP contribution in [-0.4, -0.2) is 4.98 Å². The predicted molar refractivity (Wildman–Crippen MR) is 89.9 cm³/mol. The van der Waals surface area contributed by atoms with Crippen LogP contribution in [0.5, 0.6) is 0 Å². The van der Waals surface area contributed by atoms with E-state index in [0.717, 1.165) is 30.8 Å². The van der Waals surface area contributed by atoms with Gasteiger partial charge in [0.25, 0.3) is 0 Å². The van der Waals surface area contributed by atoms with Gasteiger partial charge in [-0.1, -0.05) is 53.5 Å². The molecule has 0 aliphatic heterocycles. The number of rotatable bonds is 1. The Morgan fingerprint density at radius 2 is 1.58 bits per heavy atom. The summed E-state index contributed by atoms with van der Waals surface area (Å²) in [4.78, 5) is 4.70. The van der Waals surface area contributed by atoms with Crippen LogP contribution in [0.15, 0.2) is 48.5 Å². The molecule has 1 nitrogen and oxygen atoms in total. The summed E-state index contributed by atoms with van der Waals surface area (Å²) in [7, 11) is 0. The van der Waals surface area contributed by atoms with Crippen LogP contribution < -0.4 is 0 Å². The van der Waals surface area contributed by atoms with E-state index < -0.39 is 0 Å². The summed E-state index contributed by atoms with van der Waals surface area (Å²) in [5.74, 6) is 0. The molecule has 0 spiro atoms. The largest absolute Gasteiger partial charge is 0.247 e. The smallest absolute Gasteiger partial charge is 0.0858 e. The van der Waals surface area contributed by atoms with Crippen molar-refractivity contribution < 1.29 is 0 Å².